The van der Waals surface area contributed by atoms with Crippen LogP contribution in [0.25, 0.3) is 0 Å². The number of nitrogens with one attached hydrogen (secondary N) is 1. The van der Waals surface area contributed by atoms with Crippen LogP contribution in [0, 0.1) is 5.41 Å². The van der Waals surface area contributed by atoms with Crippen molar-refractivity contribution in [3.8, 4) is 0 Å². The standard InChI is InChI=1S/C14H25N3OS/c1-6-14(7-2,9-15)11(18)17-12-16-8-10(19-12)13(3,4)5/h8H,6-7,9,15H2,1-5H3,(H,16,17,18). The van der Waals surface area contributed by atoms with Gasteiger partial charge in [0.1, 0.15) is 0 Å². The lowest BCUT2D eigenvalue weighted by molar-refractivity contribution is -0.125. The topological polar surface area (TPSA) is 68.0 Å². The summed E-state index contributed by atoms with van der Waals surface area (Å²) in [5.41, 5.74) is 5.36. The van der Waals surface area contributed by atoms with E-state index in [2.05, 4.69) is 31.1 Å². The zero-order valence-corrected chi connectivity index (χ0v) is 13.4. The minimum atomic E-state index is -0.479. The summed E-state index contributed by atoms with van der Waals surface area (Å²) in [5.74, 6) is -0.0187. The van der Waals surface area contributed by atoms with E-state index in [1.54, 1.807) is 0 Å². The van der Waals surface area contributed by atoms with Crippen molar-refractivity contribution in [3.05, 3.63) is 11.1 Å². The SMILES string of the molecule is CCC(CC)(CN)C(=O)Nc1ncc(C(C)(C)C)s1. The van der Waals surface area contributed by atoms with Gasteiger partial charge in [0.2, 0.25) is 5.91 Å². The summed E-state index contributed by atoms with van der Waals surface area (Å²) in [4.78, 5) is 17.8. The molecule has 0 aliphatic carbocycles. The van der Waals surface area contributed by atoms with Crippen molar-refractivity contribution in [2.45, 2.75) is 52.9 Å². The van der Waals surface area contributed by atoms with E-state index in [4.69, 9.17) is 5.73 Å². The normalized spacial score (nSPS) is 12.5. The van der Waals surface area contributed by atoms with Crippen LogP contribution < -0.4 is 11.1 Å². The quantitative estimate of drug-likeness (QED) is 0.872. The van der Waals surface area contributed by atoms with Gasteiger partial charge in [-0.2, -0.15) is 0 Å². The summed E-state index contributed by atoms with van der Waals surface area (Å²) in [6.07, 6.45) is 3.31. The number of nitrogens with two attached hydrogens (primary N) is 1. The average Bonchev–Trinajstić information content (AvgIpc) is 2.80. The number of hydrogen-bond acceptors (Lipinski definition) is 4. The lowest BCUT2D eigenvalue weighted by Gasteiger charge is -2.27. The zero-order valence-electron chi connectivity index (χ0n) is 12.5. The lowest BCUT2D eigenvalue weighted by Crippen LogP contribution is -2.41. The molecule has 0 unspecified atom stereocenters. The number of hydrogen-bond donors (Lipinski definition) is 2. The molecule has 0 aliphatic rings. The minimum absolute atomic E-state index is 0.0187. The second-order valence-corrected chi connectivity index (χ2v) is 6.96. The Bertz CT molecular complexity index is 422. The van der Waals surface area contributed by atoms with Gasteiger partial charge in [-0.1, -0.05) is 34.6 Å². The fraction of sp³-hybridized carbons (Fsp3) is 0.714. The third-order valence-corrected chi connectivity index (χ3v) is 5.03. The van der Waals surface area contributed by atoms with Gasteiger partial charge in [-0.15, -0.1) is 11.3 Å². The van der Waals surface area contributed by atoms with Crippen molar-refractivity contribution in [1.29, 1.82) is 0 Å². The highest BCUT2D eigenvalue weighted by Crippen LogP contribution is 2.32. The molecule has 108 valence electrons. The van der Waals surface area contributed by atoms with Crippen LogP contribution in [-0.4, -0.2) is 17.4 Å². The number of nitrogens with zero attached hydrogens (tertiary/aromatic N) is 1. The smallest absolute Gasteiger partial charge is 0.233 e. The van der Waals surface area contributed by atoms with Crippen molar-refractivity contribution in [2.24, 2.45) is 11.1 Å². The molecule has 0 atom stereocenters. The molecule has 3 N–H and O–H groups in total. The molecule has 0 spiro atoms. The van der Waals surface area contributed by atoms with Gasteiger partial charge >= 0.3 is 0 Å². The highest BCUT2D eigenvalue weighted by molar-refractivity contribution is 7.15. The summed E-state index contributed by atoms with van der Waals surface area (Å²) in [6, 6.07) is 0. The summed E-state index contributed by atoms with van der Waals surface area (Å²) in [6.45, 7) is 10.8. The number of anilines is 1. The molecular formula is C14H25N3OS. The van der Waals surface area contributed by atoms with Gasteiger partial charge in [-0.25, -0.2) is 4.98 Å². The molecule has 0 fully saturated rings. The maximum atomic E-state index is 12.4. The van der Waals surface area contributed by atoms with Crippen LogP contribution in [0.1, 0.15) is 52.3 Å². The van der Waals surface area contributed by atoms with Gasteiger partial charge in [0.05, 0.1) is 5.41 Å². The lowest BCUT2D eigenvalue weighted by atomic mass is 9.81. The van der Waals surface area contributed by atoms with Crippen LogP contribution in [0.5, 0.6) is 0 Å². The van der Waals surface area contributed by atoms with Crippen LogP contribution in [-0.2, 0) is 10.2 Å². The third-order valence-electron chi connectivity index (χ3n) is 3.69. The van der Waals surface area contributed by atoms with E-state index in [-0.39, 0.29) is 11.3 Å². The van der Waals surface area contributed by atoms with Gasteiger partial charge < -0.3 is 11.1 Å². The van der Waals surface area contributed by atoms with Crippen molar-refractivity contribution in [2.75, 3.05) is 11.9 Å². The van der Waals surface area contributed by atoms with Crippen LogP contribution in [0.4, 0.5) is 5.13 Å². The molecule has 19 heavy (non-hydrogen) atoms. The van der Waals surface area contributed by atoms with Crippen LogP contribution in [0.2, 0.25) is 0 Å². The largest absolute Gasteiger partial charge is 0.329 e. The summed E-state index contributed by atoms with van der Waals surface area (Å²) in [7, 11) is 0. The molecule has 4 nitrogen and oxygen atoms in total. The van der Waals surface area contributed by atoms with E-state index >= 15 is 0 Å². The molecule has 1 amide bonds. The highest BCUT2D eigenvalue weighted by atomic mass is 32.1. The molecule has 1 heterocycles. The Morgan fingerprint density at radius 3 is 2.32 bits per heavy atom. The molecule has 1 aromatic rings. The molecular weight excluding hydrogens is 258 g/mol. The van der Waals surface area contributed by atoms with Gasteiger partial charge in [0, 0.05) is 17.6 Å². The number of aromatic nitrogens is 1. The van der Waals surface area contributed by atoms with Crippen molar-refractivity contribution in [1.82, 2.24) is 4.98 Å². The zero-order chi connectivity index (χ0) is 14.7. The molecule has 0 radical (unpaired) electrons. The molecule has 0 saturated carbocycles. The molecule has 1 rings (SSSR count). The number of carbonyl (C=O) groups excluding carboxylic acids is 1. The van der Waals surface area contributed by atoms with E-state index in [1.807, 2.05) is 20.0 Å². The summed E-state index contributed by atoms with van der Waals surface area (Å²) < 4.78 is 0. The van der Waals surface area contributed by atoms with E-state index in [1.165, 1.54) is 11.3 Å². The van der Waals surface area contributed by atoms with E-state index in [9.17, 15) is 4.79 Å². The Labute approximate surface area is 119 Å². The van der Waals surface area contributed by atoms with Gasteiger partial charge in [-0.05, 0) is 18.3 Å². The Morgan fingerprint density at radius 1 is 1.37 bits per heavy atom. The van der Waals surface area contributed by atoms with E-state index in [0.717, 1.165) is 17.7 Å². The molecule has 0 aromatic carbocycles. The Morgan fingerprint density at radius 2 is 1.95 bits per heavy atom. The minimum Gasteiger partial charge on any atom is -0.329 e. The predicted molar refractivity (Wildman–Crippen MR) is 81.5 cm³/mol. The predicted octanol–water partition coefficient (Wildman–Crippen LogP) is 3.14. The number of carbonyl (C=O) groups is 1. The van der Waals surface area contributed by atoms with Crippen molar-refractivity contribution >= 4 is 22.4 Å². The number of rotatable bonds is 5. The van der Waals surface area contributed by atoms with Gasteiger partial charge in [-0.3, -0.25) is 4.79 Å². The second-order valence-electron chi connectivity index (χ2n) is 5.93. The molecule has 5 heteroatoms. The first-order valence-corrected chi connectivity index (χ1v) is 7.58. The molecule has 0 saturated heterocycles. The average molecular weight is 283 g/mol. The maximum absolute atomic E-state index is 12.4. The maximum Gasteiger partial charge on any atom is 0.233 e. The van der Waals surface area contributed by atoms with Crippen LogP contribution >= 0.6 is 11.3 Å². The van der Waals surface area contributed by atoms with Crippen LogP contribution in [0.3, 0.4) is 0 Å². The second kappa shape index (κ2) is 6.01. The van der Waals surface area contributed by atoms with Gasteiger partial charge in [0.15, 0.2) is 5.13 Å². The molecule has 0 aliphatic heterocycles. The summed E-state index contributed by atoms with van der Waals surface area (Å²) >= 11 is 1.53. The van der Waals surface area contributed by atoms with Gasteiger partial charge in [0.25, 0.3) is 0 Å². The Kier molecular flexibility index (Phi) is 5.10. The Balaban J connectivity index is 2.85. The highest BCUT2D eigenvalue weighted by Gasteiger charge is 2.34. The Hall–Kier alpha value is -0.940. The van der Waals surface area contributed by atoms with Crippen molar-refractivity contribution < 1.29 is 4.79 Å². The number of amides is 1. The first-order chi connectivity index (χ1) is 8.79. The monoisotopic (exact) mass is 283 g/mol. The van der Waals surface area contributed by atoms with E-state index in [0.29, 0.717) is 11.7 Å². The molecule has 1 aromatic heterocycles. The fourth-order valence-electron chi connectivity index (χ4n) is 1.86. The molecule has 0 bridgehead atoms. The first-order valence-electron chi connectivity index (χ1n) is 6.77. The fourth-order valence-corrected chi connectivity index (χ4v) is 2.73. The third kappa shape index (κ3) is 3.54. The van der Waals surface area contributed by atoms with Crippen molar-refractivity contribution in [3.63, 3.8) is 0 Å². The van der Waals surface area contributed by atoms with E-state index < -0.39 is 5.41 Å². The summed E-state index contributed by atoms with van der Waals surface area (Å²) in [5, 5.41) is 3.58. The first kappa shape index (κ1) is 16.1. The van der Waals surface area contributed by atoms with Crippen LogP contribution in [0.15, 0.2) is 6.20 Å². The number of thiazole rings is 1.